The molecule has 1 aromatic heterocycles. The maximum atomic E-state index is 13.1. The molecule has 0 fully saturated rings. The van der Waals surface area contributed by atoms with E-state index in [1.165, 1.54) is 0 Å². The number of para-hydroxylation sites is 1. The van der Waals surface area contributed by atoms with Crippen molar-refractivity contribution >= 4 is 18.1 Å². The average Bonchev–Trinajstić information content (AvgIpc) is 2.72. The van der Waals surface area contributed by atoms with Crippen LogP contribution in [0, 0.1) is 0 Å². The van der Waals surface area contributed by atoms with Gasteiger partial charge in [-0.15, -0.1) is 12.4 Å². The Kier molecular flexibility index (Phi) is 5.84. The fourth-order valence-electron chi connectivity index (χ4n) is 3.72. The van der Waals surface area contributed by atoms with Crippen LogP contribution in [0.3, 0.4) is 0 Å². The Morgan fingerprint density at radius 3 is 2.34 bits per heavy atom. The highest BCUT2D eigenvalue weighted by molar-refractivity contribution is 5.85. The summed E-state index contributed by atoms with van der Waals surface area (Å²) in [7, 11) is 5.00. The normalized spacial score (nSPS) is 15.2. The van der Waals surface area contributed by atoms with E-state index in [4.69, 9.17) is 9.47 Å². The van der Waals surface area contributed by atoms with Gasteiger partial charge in [-0.25, -0.2) is 9.79 Å². The van der Waals surface area contributed by atoms with Crippen LogP contribution in [-0.4, -0.2) is 23.4 Å². The number of nitrogens with zero attached hydrogens (tertiary/aromatic N) is 3. The Labute approximate surface area is 175 Å². The third-order valence-corrected chi connectivity index (χ3v) is 5.24. The Balaban J connectivity index is 0.00000240. The Hall–Kier alpha value is -2.99. The molecule has 1 aliphatic heterocycles. The van der Waals surface area contributed by atoms with Crippen molar-refractivity contribution < 1.29 is 9.47 Å². The van der Waals surface area contributed by atoms with Gasteiger partial charge >= 0.3 is 5.69 Å². The van der Waals surface area contributed by atoms with Crippen LogP contribution in [0.2, 0.25) is 0 Å². The minimum absolute atomic E-state index is 0. The van der Waals surface area contributed by atoms with Gasteiger partial charge in [0.25, 0.3) is 0 Å². The standard InChI is InChI=1S/C22H23N3O3.ClH/c1-14-13-25-18(17-11-20(28-4)19(27-3)10-16(14)17)12-21(24(2)22(25)26)23-15-8-6-5-7-9-15;/h5-12,14H,13H2,1-4H3;1H. The second kappa shape index (κ2) is 8.17. The van der Waals surface area contributed by atoms with E-state index in [1.54, 1.807) is 25.8 Å². The van der Waals surface area contributed by atoms with E-state index in [0.717, 1.165) is 22.5 Å². The minimum atomic E-state index is -0.0838. The number of hydrogen-bond acceptors (Lipinski definition) is 4. The van der Waals surface area contributed by atoms with Crippen molar-refractivity contribution in [1.82, 2.24) is 9.13 Å². The summed E-state index contributed by atoms with van der Waals surface area (Å²) < 4.78 is 14.4. The van der Waals surface area contributed by atoms with Crippen LogP contribution >= 0.6 is 12.4 Å². The summed E-state index contributed by atoms with van der Waals surface area (Å²) >= 11 is 0. The third-order valence-electron chi connectivity index (χ3n) is 5.24. The number of aromatic nitrogens is 2. The first-order chi connectivity index (χ1) is 13.5. The van der Waals surface area contributed by atoms with E-state index >= 15 is 0 Å². The maximum absolute atomic E-state index is 13.1. The molecule has 6 nitrogen and oxygen atoms in total. The summed E-state index contributed by atoms with van der Waals surface area (Å²) in [4.78, 5) is 17.7. The molecule has 29 heavy (non-hydrogen) atoms. The quantitative estimate of drug-likeness (QED) is 0.658. The van der Waals surface area contributed by atoms with Gasteiger partial charge in [-0.2, -0.15) is 0 Å². The molecule has 0 saturated heterocycles. The molecular weight excluding hydrogens is 390 g/mol. The molecule has 2 heterocycles. The maximum Gasteiger partial charge on any atom is 0.329 e. The van der Waals surface area contributed by atoms with E-state index in [1.807, 2.05) is 53.1 Å². The van der Waals surface area contributed by atoms with Gasteiger partial charge in [0.15, 0.2) is 11.5 Å². The van der Waals surface area contributed by atoms with Crippen LogP contribution in [0.1, 0.15) is 18.4 Å². The van der Waals surface area contributed by atoms with Gasteiger partial charge in [-0.1, -0.05) is 25.1 Å². The van der Waals surface area contributed by atoms with E-state index in [9.17, 15) is 4.79 Å². The van der Waals surface area contributed by atoms with Crippen LogP contribution in [0.25, 0.3) is 11.3 Å². The first-order valence-electron chi connectivity index (χ1n) is 9.20. The van der Waals surface area contributed by atoms with E-state index in [0.29, 0.717) is 23.5 Å². The van der Waals surface area contributed by atoms with Crippen LogP contribution in [-0.2, 0) is 13.6 Å². The molecule has 0 radical (unpaired) electrons. The number of methoxy groups -OCH3 is 2. The molecule has 152 valence electrons. The van der Waals surface area contributed by atoms with Gasteiger partial charge < -0.3 is 9.47 Å². The van der Waals surface area contributed by atoms with E-state index < -0.39 is 0 Å². The largest absolute Gasteiger partial charge is 0.493 e. The van der Waals surface area contributed by atoms with E-state index in [2.05, 4.69) is 11.9 Å². The Morgan fingerprint density at radius 1 is 1.03 bits per heavy atom. The summed E-state index contributed by atoms with van der Waals surface area (Å²) in [5.74, 6) is 1.51. The lowest BCUT2D eigenvalue weighted by atomic mass is 9.89. The molecule has 0 bridgehead atoms. The van der Waals surface area contributed by atoms with Crippen molar-refractivity contribution in [1.29, 1.82) is 0 Å². The van der Waals surface area contributed by atoms with Crippen LogP contribution < -0.4 is 20.7 Å². The molecule has 0 N–H and O–H groups in total. The summed E-state index contributed by atoms with van der Waals surface area (Å²) in [6, 6.07) is 15.6. The molecule has 4 rings (SSSR count). The molecule has 1 aliphatic rings. The molecule has 1 atom stereocenters. The topological polar surface area (TPSA) is 57.8 Å². The summed E-state index contributed by atoms with van der Waals surface area (Å²) in [5, 5.41) is 0. The zero-order valence-electron chi connectivity index (χ0n) is 16.9. The predicted octanol–water partition coefficient (Wildman–Crippen LogP) is 3.64. The molecule has 1 unspecified atom stereocenters. The van der Waals surface area contributed by atoms with E-state index in [-0.39, 0.29) is 24.0 Å². The van der Waals surface area contributed by atoms with Gasteiger partial charge in [0, 0.05) is 31.1 Å². The number of benzene rings is 2. The third kappa shape index (κ3) is 3.56. The highest BCUT2D eigenvalue weighted by atomic mass is 35.5. The molecule has 2 aromatic carbocycles. The molecule has 0 amide bonds. The average molecular weight is 414 g/mol. The van der Waals surface area contributed by atoms with Gasteiger partial charge in [0.05, 0.1) is 25.6 Å². The van der Waals surface area contributed by atoms with Crippen molar-refractivity contribution in [3.8, 4) is 22.8 Å². The number of halogens is 1. The molecule has 0 saturated carbocycles. The lowest BCUT2D eigenvalue weighted by molar-refractivity contribution is 0.354. The highest BCUT2D eigenvalue weighted by Crippen LogP contribution is 2.41. The lowest BCUT2D eigenvalue weighted by Gasteiger charge is -2.28. The smallest absolute Gasteiger partial charge is 0.329 e. The molecule has 0 spiro atoms. The first kappa shape index (κ1) is 20.7. The SMILES string of the molecule is COc1cc2c(cc1OC)C(C)Cn1c-2cc(=Nc2ccccc2)n(C)c1=O.Cl. The zero-order valence-corrected chi connectivity index (χ0v) is 17.7. The summed E-state index contributed by atoms with van der Waals surface area (Å²) in [6.45, 7) is 2.72. The fourth-order valence-corrected chi connectivity index (χ4v) is 3.72. The van der Waals surface area contributed by atoms with Crippen LogP contribution in [0.15, 0.2) is 58.3 Å². The number of hydrogen-bond donors (Lipinski definition) is 0. The predicted molar refractivity (Wildman–Crippen MR) is 116 cm³/mol. The second-order valence-corrected chi connectivity index (χ2v) is 6.98. The molecular formula is C22H24ClN3O3. The lowest BCUT2D eigenvalue weighted by Crippen LogP contribution is -2.41. The van der Waals surface area contributed by atoms with Crippen LogP contribution in [0.4, 0.5) is 5.69 Å². The highest BCUT2D eigenvalue weighted by Gasteiger charge is 2.26. The monoisotopic (exact) mass is 413 g/mol. The van der Waals surface area contributed by atoms with Crippen molar-refractivity contribution in [2.75, 3.05) is 14.2 Å². The van der Waals surface area contributed by atoms with Crippen LogP contribution in [0.5, 0.6) is 11.5 Å². The minimum Gasteiger partial charge on any atom is -0.493 e. The number of ether oxygens (including phenoxy) is 2. The van der Waals surface area contributed by atoms with Crippen molar-refractivity contribution in [3.05, 3.63) is 70.1 Å². The Morgan fingerprint density at radius 2 is 1.69 bits per heavy atom. The molecule has 3 aromatic rings. The number of rotatable bonds is 3. The van der Waals surface area contributed by atoms with Gasteiger partial charge in [-0.3, -0.25) is 9.13 Å². The van der Waals surface area contributed by atoms with Crippen molar-refractivity contribution in [2.45, 2.75) is 19.4 Å². The summed E-state index contributed by atoms with van der Waals surface area (Å²) in [5.41, 5.74) is 4.28. The van der Waals surface area contributed by atoms with Crippen molar-refractivity contribution in [3.63, 3.8) is 0 Å². The Bertz CT molecular complexity index is 1170. The molecule has 0 aliphatic carbocycles. The van der Waals surface area contributed by atoms with Gasteiger partial charge in [0.1, 0.15) is 5.49 Å². The van der Waals surface area contributed by atoms with Crippen molar-refractivity contribution in [2.24, 2.45) is 12.0 Å². The summed E-state index contributed by atoms with van der Waals surface area (Å²) in [6.07, 6.45) is 0. The number of fused-ring (bicyclic) bond motifs is 3. The second-order valence-electron chi connectivity index (χ2n) is 6.98. The first-order valence-corrected chi connectivity index (χ1v) is 9.20. The fraction of sp³-hybridized carbons (Fsp3) is 0.273. The van der Waals surface area contributed by atoms with Gasteiger partial charge in [-0.05, 0) is 29.8 Å². The zero-order chi connectivity index (χ0) is 19.8. The van der Waals surface area contributed by atoms with Gasteiger partial charge in [0.2, 0.25) is 0 Å². The molecule has 7 heteroatoms.